The number of fused-ring (bicyclic) bond motifs is 5. The Labute approximate surface area is 162 Å². The van der Waals surface area contributed by atoms with Crippen molar-refractivity contribution < 1.29 is 34.4 Å². The van der Waals surface area contributed by atoms with Crippen LogP contribution in [0.2, 0.25) is 0 Å². The van der Waals surface area contributed by atoms with Gasteiger partial charge in [0, 0.05) is 16.7 Å². The molecule has 4 aliphatic carbocycles. The van der Waals surface area contributed by atoms with Crippen LogP contribution in [0.4, 0.5) is 4.39 Å². The molecule has 0 aromatic rings. The van der Waals surface area contributed by atoms with Crippen molar-refractivity contribution in [2.75, 3.05) is 0 Å². The van der Waals surface area contributed by atoms with Crippen molar-refractivity contribution in [2.24, 2.45) is 22.7 Å². The van der Waals surface area contributed by atoms with E-state index in [1.165, 1.54) is 12.2 Å². The van der Waals surface area contributed by atoms with E-state index in [9.17, 15) is 30.0 Å². The van der Waals surface area contributed by atoms with Crippen LogP contribution in [-0.2, 0) is 9.59 Å². The van der Waals surface area contributed by atoms with Crippen LogP contribution >= 0.6 is 0 Å². The van der Waals surface area contributed by atoms with E-state index in [4.69, 9.17) is 0 Å². The summed E-state index contributed by atoms with van der Waals surface area (Å²) >= 11 is 0. The first-order valence-electron chi connectivity index (χ1n) is 9.86. The fourth-order valence-corrected chi connectivity index (χ4v) is 6.90. The molecule has 0 aliphatic heterocycles. The van der Waals surface area contributed by atoms with Gasteiger partial charge in [0.05, 0.1) is 6.10 Å². The first-order chi connectivity index (χ1) is 12.9. The molecule has 6 nitrogen and oxygen atoms in total. The predicted octanol–water partition coefficient (Wildman–Crippen LogP) is 1.53. The number of halogens is 1. The van der Waals surface area contributed by atoms with Crippen molar-refractivity contribution in [1.29, 1.82) is 0 Å². The maximum Gasteiger partial charge on any atom is 0.335 e. The molecule has 28 heavy (non-hydrogen) atoms. The summed E-state index contributed by atoms with van der Waals surface area (Å²) in [6, 6.07) is 0. The van der Waals surface area contributed by atoms with Gasteiger partial charge in [-0.2, -0.15) is 0 Å². The zero-order valence-electron chi connectivity index (χ0n) is 16.1. The molecule has 3 fully saturated rings. The average Bonchev–Trinajstić information content (AvgIpc) is 2.88. The molecule has 0 unspecified atom stereocenters. The SMILES string of the molecule is C[C@]12C=CC(=O)C=C1CC[C@H]1[C@@H]3CC[C@](O)([C@@H](O)C(=O)O)[C@@]3(C)C[C@H](O)[C@@]12F. The molecule has 0 spiro atoms. The highest BCUT2D eigenvalue weighted by molar-refractivity contribution is 6.01. The van der Waals surface area contributed by atoms with Crippen LogP contribution in [0.3, 0.4) is 0 Å². The number of carboxylic acid groups (broad SMARTS) is 1. The fourth-order valence-electron chi connectivity index (χ4n) is 6.90. The minimum Gasteiger partial charge on any atom is -0.479 e. The van der Waals surface area contributed by atoms with Crippen molar-refractivity contribution in [3.05, 3.63) is 23.8 Å². The van der Waals surface area contributed by atoms with E-state index in [0.717, 1.165) is 0 Å². The Morgan fingerprint density at radius 3 is 2.61 bits per heavy atom. The average molecular weight is 394 g/mol. The van der Waals surface area contributed by atoms with Crippen LogP contribution in [0.15, 0.2) is 23.8 Å². The molecule has 154 valence electrons. The van der Waals surface area contributed by atoms with Crippen LogP contribution in [0, 0.1) is 22.7 Å². The van der Waals surface area contributed by atoms with Crippen molar-refractivity contribution in [3.8, 4) is 0 Å². The number of carboxylic acids is 1. The molecule has 0 aromatic heterocycles. The highest BCUT2D eigenvalue weighted by atomic mass is 19.1. The fraction of sp³-hybridized carbons (Fsp3) is 0.714. The van der Waals surface area contributed by atoms with Crippen LogP contribution in [0.1, 0.15) is 46.0 Å². The summed E-state index contributed by atoms with van der Waals surface area (Å²) in [5, 5.41) is 41.7. The second-order valence-electron chi connectivity index (χ2n) is 9.47. The number of allylic oxidation sites excluding steroid dienone is 4. The standard InChI is InChI=1S/C21H27FO6/c1-18-7-5-12(23)9-11(18)3-4-14-13-6-8-20(28,16(25)17(26)27)19(13,2)10-15(24)21(14,18)22/h5,7,9,13-16,24-25,28H,3-4,6,8,10H2,1-2H3,(H,26,27)/t13-,14-,15-,16-,18-,19-,20-,21-/m0/s1. The lowest BCUT2D eigenvalue weighted by Gasteiger charge is -2.63. The largest absolute Gasteiger partial charge is 0.479 e. The lowest BCUT2D eigenvalue weighted by atomic mass is 9.44. The Hall–Kier alpha value is -1.57. The molecular weight excluding hydrogens is 367 g/mol. The Balaban J connectivity index is 1.80. The first-order valence-corrected chi connectivity index (χ1v) is 9.86. The van der Waals surface area contributed by atoms with E-state index < -0.39 is 46.2 Å². The van der Waals surface area contributed by atoms with E-state index in [-0.39, 0.29) is 24.5 Å². The molecule has 4 rings (SSSR count). The summed E-state index contributed by atoms with van der Waals surface area (Å²) in [4.78, 5) is 23.2. The maximum absolute atomic E-state index is 16.8. The molecule has 0 aromatic carbocycles. The van der Waals surface area contributed by atoms with E-state index in [1.54, 1.807) is 19.9 Å². The van der Waals surface area contributed by atoms with Crippen LogP contribution in [-0.4, -0.2) is 55.7 Å². The highest BCUT2D eigenvalue weighted by Gasteiger charge is 2.74. The first kappa shape index (κ1) is 19.7. The Morgan fingerprint density at radius 1 is 1.29 bits per heavy atom. The molecule has 4 N–H and O–H groups in total. The number of aliphatic carboxylic acids is 1. The van der Waals surface area contributed by atoms with Crippen molar-refractivity contribution in [2.45, 2.75) is 69.4 Å². The van der Waals surface area contributed by atoms with Gasteiger partial charge in [-0.15, -0.1) is 0 Å². The summed E-state index contributed by atoms with van der Waals surface area (Å²) < 4.78 is 16.8. The summed E-state index contributed by atoms with van der Waals surface area (Å²) in [7, 11) is 0. The number of ketones is 1. The molecule has 8 atom stereocenters. The van der Waals surface area contributed by atoms with Gasteiger partial charge >= 0.3 is 5.97 Å². The monoisotopic (exact) mass is 394 g/mol. The maximum atomic E-state index is 16.8. The molecule has 0 saturated heterocycles. The molecular formula is C21H27FO6. The van der Waals surface area contributed by atoms with Crippen molar-refractivity contribution >= 4 is 11.8 Å². The molecule has 0 radical (unpaired) electrons. The van der Waals surface area contributed by atoms with Gasteiger partial charge < -0.3 is 20.4 Å². The number of hydrogen-bond donors (Lipinski definition) is 4. The molecule has 4 aliphatic rings. The van der Waals surface area contributed by atoms with E-state index >= 15 is 4.39 Å². The third-order valence-electron chi connectivity index (χ3n) is 8.54. The predicted molar refractivity (Wildman–Crippen MR) is 96.9 cm³/mol. The molecule has 3 saturated carbocycles. The minimum absolute atomic E-state index is 0.0364. The van der Waals surface area contributed by atoms with Gasteiger partial charge in [0.15, 0.2) is 17.6 Å². The van der Waals surface area contributed by atoms with Gasteiger partial charge in [0.25, 0.3) is 0 Å². The number of aliphatic hydroxyl groups excluding tert-OH is 2. The van der Waals surface area contributed by atoms with E-state index in [1.807, 2.05) is 0 Å². The van der Waals surface area contributed by atoms with Gasteiger partial charge in [-0.3, -0.25) is 4.79 Å². The van der Waals surface area contributed by atoms with Gasteiger partial charge in [0.1, 0.15) is 5.60 Å². The van der Waals surface area contributed by atoms with E-state index in [2.05, 4.69) is 0 Å². The third kappa shape index (κ3) is 2.07. The summed E-state index contributed by atoms with van der Waals surface area (Å²) in [5.41, 5.74) is -5.55. The Bertz CT molecular complexity index is 807. The molecule has 0 amide bonds. The smallest absolute Gasteiger partial charge is 0.335 e. The van der Waals surface area contributed by atoms with Gasteiger partial charge in [-0.25, -0.2) is 9.18 Å². The summed E-state index contributed by atoms with van der Waals surface area (Å²) in [6.07, 6.45) is 2.04. The number of alkyl halides is 1. The molecule has 0 bridgehead atoms. The zero-order valence-corrected chi connectivity index (χ0v) is 16.1. The van der Waals surface area contributed by atoms with Gasteiger partial charge in [-0.1, -0.05) is 18.6 Å². The molecule has 0 heterocycles. The van der Waals surface area contributed by atoms with Crippen LogP contribution < -0.4 is 0 Å². The van der Waals surface area contributed by atoms with Gasteiger partial charge in [-0.05, 0) is 57.1 Å². The summed E-state index contributed by atoms with van der Waals surface area (Å²) in [6.45, 7) is 3.36. The van der Waals surface area contributed by atoms with Crippen LogP contribution in [0.25, 0.3) is 0 Å². The lowest BCUT2D eigenvalue weighted by Crippen LogP contribution is -2.69. The number of carbonyl (C=O) groups is 2. The number of rotatable bonds is 2. The number of carbonyl (C=O) groups excluding carboxylic acids is 1. The minimum atomic E-state index is -2.03. The van der Waals surface area contributed by atoms with Gasteiger partial charge in [0.2, 0.25) is 0 Å². The zero-order chi connectivity index (χ0) is 20.7. The molecule has 7 heteroatoms. The summed E-state index contributed by atoms with van der Waals surface area (Å²) in [5.74, 6) is -2.71. The topological polar surface area (TPSA) is 115 Å². The lowest BCUT2D eigenvalue weighted by molar-refractivity contribution is -0.236. The normalized spacial score (nSPS) is 51.0. The van der Waals surface area contributed by atoms with Crippen LogP contribution in [0.5, 0.6) is 0 Å². The Morgan fingerprint density at radius 2 is 1.96 bits per heavy atom. The third-order valence-corrected chi connectivity index (χ3v) is 8.54. The highest BCUT2D eigenvalue weighted by Crippen LogP contribution is 2.70. The number of aliphatic hydroxyl groups is 3. The van der Waals surface area contributed by atoms with Crippen molar-refractivity contribution in [3.63, 3.8) is 0 Å². The van der Waals surface area contributed by atoms with Crippen molar-refractivity contribution in [1.82, 2.24) is 0 Å². The van der Waals surface area contributed by atoms with E-state index in [0.29, 0.717) is 24.8 Å². The quantitative estimate of drug-likeness (QED) is 0.565. The second-order valence-corrected chi connectivity index (χ2v) is 9.47. The Kier molecular flexibility index (Phi) is 4.04. The second kappa shape index (κ2) is 5.74. The number of hydrogen-bond acceptors (Lipinski definition) is 5.